The van der Waals surface area contributed by atoms with Crippen LogP contribution in [0.15, 0.2) is 18.5 Å². The second-order valence-corrected chi connectivity index (χ2v) is 4.73. The second-order valence-electron chi connectivity index (χ2n) is 4.32. The van der Waals surface area contributed by atoms with Crippen LogP contribution < -0.4 is 5.73 Å². The lowest BCUT2D eigenvalue weighted by molar-refractivity contribution is -0.123. The first-order valence-electron chi connectivity index (χ1n) is 5.77. The minimum atomic E-state index is -0.290. The first-order valence-corrected chi connectivity index (χ1v) is 6.15. The smallest absolute Gasteiger partial charge is 0.256 e. The summed E-state index contributed by atoms with van der Waals surface area (Å²) in [6.45, 7) is 1.05. The van der Waals surface area contributed by atoms with Gasteiger partial charge in [-0.2, -0.15) is 0 Å². The van der Waals surface area contributed by atoms with Crippen molar-refractivity contribution in [3.63, 3.8) is 0 Å². The van der Waals surface area contributed by atoms with E-state index >= 15 is 0 Å². The maximum atomic E-state index is 12.2. The van der Waals surface area contributed by atoms with E-state index in [4.69, 9.17) is 17.3 Å². The zero-order valence-electron chi connectivity index (χ0n) is 9.80. The minimum Gasteiger partial charge on any atom is -0.369 e. The van der Waals surface area contributed by atoms with Crippen molar-refractivity contribution in [2.24, 2.45) is 11.7 Å². The van der Waals surface area contributed by atoms with Crippen LogP contribution in [0.2, 0.25) is 5.02 Å². The Bertz CT molecular complexity index is 470. The highest BCUT2D eigenvalue weighted by Gasteiger charge is 2.27. The number of primary amides is 1. The van der Waals surface area contributed by atoms with Crippen LogP contribution in [0.4, 0.5) is 0 Å². The van der Waals surface area contributed by atoms with Gasteiger partial charge in [0.2, 0.25) is 5.91 Å². The van der Waals surface area contributed by atoms with Crippen LogP contribution in [0.5, 0.6) is 0 Å². The summed E-state index contributed by atoms with van der Waals surface area (Å²) in [6, 6.07) is 1.59. The summed E-state index contributed by atoms with van der Waals surface area (Å²) in [4.78, 5) is 28.8. The van der Waals surface area contributed by atoms with Gasteiger partial charge in [-0.25, -0.2) is 0 Å². The maximum Gasteiger partial charge on any atom is 0.256 e. The second kappa shape index (κ2) is 5.35. The molecule has 1 fully saturated rings. The monoisotopic (exact) mass is 267 g/mol. The summed E-state index contributed by atoms with van der Waals surface area (Å²) in [5.74, 6) is -0.559. The third-order valence-corrected chi connectivity index (χ3v) is 3.51. The molecule has 1 aliphatic rings. The third kappa shape index (κ3) is 2.61. The van der Waals surface area contributed by atoms with Crippen LogP contribution in [-0.2, 0) is 4.79 Å². The van der Waals surface area contributed by atoms with Crippen LogP contribution >= 0.6 is 11.6 Å². The Balaban J connectivity index is 2.04. The number of likely N-dealkylation sites (tertiary alicyclic amines) is 1. The number of halogens is 1. The van der Waals surface area contributed by atoms with Crippen molar-refractivity contribution in [1.82, 2.24) is 9.88 Å². The lowest BCUT2D eigenvalue weighted by atomic mass is 9.96. The Hall–Kier alpha value is -1.62. The molecule has 2 amide bonds. The molecule has 1 aliphatic heterocycles. The molecule has 18 heavy (non-hydrogen) atoms. The van der Waals surface area contributed by atoms with Gasteiger partial charge in [-0.05, 0) is 18.9 Å². The molecule has 5 nitrogen and oxygen atoms in total. The van der Waals surface area contributed by atoms with Gasteiger partial charge in [0.15, 0.2) is 0 Å². The molecule has 96 valence electrons. The van der Waals surface area contributed by atoms with E-state index in [1.165, 1.54) is 6.20 Å². The predicted octanol–water partition coefficient (Wildman–Crippen LogP) is 1.07. The molecular weight excluding hydrogens is 254 g/mol. The largest absolute Gasteiger partial charge is 0.369 e. The average Bonchev–Trinajstić information content (AvgIpc) is 2.38. The van der Waals surface area contributed by atoms with Crippen LogP contribution in [-0.4, -0.2) is 34.8 Å². The number of carbonyl (C=O) groups excluding carboxylic acids is 2. The normalized spacial score (nSPS) is 16.6. The Kier molecular flexibility index (Phi) is 3.81. The van der Waals surface area contributed by atoms with Crippen molar-refractivity contribution in [2.75, 3.05) is 13.1 Å². The molecule has 0 unspecified atom stereocenters. The molecule has 1 aromatic rings. The molecular formula is C12H14ClN3O2. The molecule has 1 saturated heterocycles. The summed E-state index contributed by atoms with van der Waals surface area (Å²) in [6.07, 6.45) is 4.22. The van der Waals surface area contributed by atoms with Gasteiger partial charge < -0.3 is 10.6 Å². The minimum absolute atomic E-state index is 0.126. The fourth-order valence-electron chi connectivity index (χ4n) is 2.07. The summed E-state index contributed by atoms with van der Waals surface area (Å²) in [7, 11) is 0. The summed E-state index contributed by atoms with van der Waals surface area (Å²) in [5, 5.41) is 0.395. The van der Waals surface area contributed by atoms with Gasteiger partial charge in [0.25, 0.3) is 5.91 Å². The molecule has 0 bridgehead atoms. The highest BCUT2D eigenvalue weighted by atomic mass is 35.5. The van der Waals surface area contributed by atoms with Crippen molar-refractivity contribution >= 4 is 23.4 Å². The number of piperidine rings is 1. The summed E-state index contributed by atoms with van der Waals surface area (Å²) >= 11 is 5.96. The van der Waals surface area contributed by atoms with Crippen molar-refractivity contribution in [1.29, 1.82) is 0 Å². The number of hydrogen-bond acceptors (Lipinski definition) is 3. The SMILES string of the molecule is NC(=O)C1CCN(C(=O)c2cnccc2Cl)CC1. The predicted molar refractivity (Wildman–Crippen MR) is 67.1 cm³/mol. The molecule has 2 N–H and O–H groups in total. The van der Waals surface area contributed by atoms with E-state index in [-0.39, 0.29) is 17.7 Å². The fraction of sp³-hybridized carbons (Fsp3) is 0.417. The molecule has 2 rings (SSSR count). The van der Waals surface area contributed by atoms with Crippen molar-refractivity contribution < 1.29 is 9.59 Å². The van der Waals surface area contributed by atoms with Crippen molar-refractivity contribution in [3.05, 3.63) is 29.0 Å². The molecule has 0 radical (unpaired) electrons. The number of nitrogens with zero attached hydrogens (tertiary/aromatic N) is 2. The highest BCUT2D eigenvalue weighted by molar-refractivity contribution is 6.33. The van der Waals surface area contributed by atoms with Gasteiger partial charge in [0.05, 0.1) is 10.6 Å². The van der Waals surface area contributed by atoms with E-state index in [1.807, 2.05) is 0 Å². The fourth-order valence-corrected chi connectivity index (χ4v) is 2.26. The zero-order chi connectivity index (χ0) is 13.1. The topological polar surface area (TPSA) is 76.3 Å². The van der Waals surface area contributed by atoms with E-state index in [0.29, 0.717) is 36.5 Å². The number of rotatable bonds is 2. The lowest BCUT2D eigenvalue weighted by Gasteiger charge is -2.30. The molecule has 0 aromatic carbocycles. The van der Waals surface area contributed by atoms with Crippen LogP contribution in [0.25, 0.3) is 0 Å². The number of aromatic nitrogens is 1. The van der Waals surface area contributed by atoms with E-state index in [9.17, 15) is 9.59 Å². The van der Waals surface area contributed by atoms with E-state index < -0.39 is 0 Å². The third-order valence-electron chi connectivity index (χ3n) is 3.18. The number of carbonyl (C=O) groups is 2. The quantitative estimate of drug-likeness (QED) is 0.871. The molecule has 2 heterocycles. The Morgan fingerprint density at radius 3 is 2.61 bits per heavy atom. The summed E-state index contributed by atoms with van der Waals surface area (Å²) < 4.78 is 0. The maximum absolute atomic E-state index is 12.2. The molecule has 0 saturated carbocycles. The number of amides is 2. The molecule has 0 atom stereocenters. The van der Waals surface area contributed by atoms with E-state index in [0.717, 1.165) is 0 Å². The molecule has 6 heteroatoms. The number of pyridine rings is 1. The first kappa shape index (κ1) is 12.8. The molecule has 1 aromatic heterocycles. The Labute approximate surface area is 110 Å². The number of nitrogens with two attached hydrogens (primary N) is 1. The number of hydrogen-bond donors (Lipinski definition) is 1. The lowest BCUT2D eigenvalue weighted by Crippen LogP contribution is -2.41. The van der Waals surface area contributed by atoms with Gasteiger partial charge in [-0.15, -0.1) is 0 Å². The van der Waals surface area contributed by atoms with Crippen molar-refractivity contribution in [2.45, 2.75) is 12.8 Å². The van der Waals surface area contributed by atoms with Crippen molar-refractivity contribution in [3.8, 4) is 0 Å². The van der Waals surface area contributed by atoms with Gasteiger partial charge in [-0.1, -0.05) is 11.6 Å². The standard InChI is InChI=1S/C12H14ClN3O2/c13-10-1-4-15-7-9(10)12(18)16-5-2-8(3-6-16)11(14)17/h1,4,7-8H,2-3,5-6H2,(H2,14,17). The first-order chi connectivity index (χ1) is 8.59. The summed E-state index contributed by atoms with van der Waals surface area (Å²) in [5.41, 5.74) is 5.65. The molecule has 0 aliphatic carbocycles. The average molecular weight is 268 g/mol. The van der Waals surface area contributed by atoms with Gasteiger partial charge in [-0.3, -0.25) is 14.6 Å². The van der Waals surface area contributed by atoms with E-state index in [2.05, 4.69) is 4.98 Å². The van der Waals surface area contributed by atoms with Gasteiger partial charge in [0.1, 0.15) is 0 Å². The van der Waals surface area contributed by atoms with Gasteiger partial charge in [0, 0.05) is 31.4 Å². The van der Waals surface area contributed by atoms with Gasteiger partial charge >= 0.3 is 0 Å². The zero-order valence-corrected chi connectivity index (χ0v) is 10.6. The van der Waals surface area contributed by atoms with Crippen LogP contribution in [0, 0.1) is 5.92 Å². The Morgan fingerprint density at radius 1 is 1.39 bits per heavy atom. The van der Waals surface area contributed by atoms with Crippen LogP contribution in [0.1, 0.15) is 23.2 Å². The molecule has 0 spiro atoms. The van der Waals surface area contributed by atoms with E-state index in [1.54, 1.807) is 17.2 Å². The van der Waals surface area contributed by atoms with Crippen LogP contribution in [0.3, 0.4) is 0 Å². The highest BCUT2D eigenvalue weighted by Crippen LogP contribution is 2.21. The Morgan fingerprint density at radius 2 is 2.06 bits per heavy atom.